The van der Waals surface area contributed by atoms with Crippen LogP contribution in [0.3, 0.4) is 0 Å². The normalized spacial score (nSPS) is 17.9. The molecule has 0 atom stereocenters. The molecular weight excluding hydrogens is 232 g/mol. The average Bonchev–Trinajstić information content (AvgIpc) is 2.51. The van der Waals surface area contributed by atoms with Crippen LogP contribution in [-0.2, 0) is 33.8 Å². The zero-order valence-electron chi connectivity index (χ0n) is 9.06. The monoisotopic (exact) mass is 244 g/mol. The highest BCUT2D eigenvalue weighted by Crippen LogP contribution is 2.23. The van der Waals surface area contributed by atoms with Crippen LogP contribution in [0.15, 0.2) is 0 Å². The van der Waals surface area contributed by atoms with Gasteiger partial charge in [0.25, 0.3) is 0 Å². The Morgan fingerprint density at radius 1 is 1.50 bits per heavy atom. The highest BCUT2D eigenvalue weighted by molar-refractivity contribution is 7.90. The van der Waals surface area contributed by atoms with Gasteiger partial charge < -0.3 is 4.74 Å². The molecule has 0 amide bonds. The molecule has 88 valence electrons. The van der Waals surface area contributed by atoms with Crippen molar-refractivity contribution in [1.29, 1.82) is 0 Å². The molecule has 1 aliphatic rings. The topological polar surface area (TPSA) is 78.3 Å². The minimum Gasteiger partial charge on any atom is -0.464 e. The average molecular weight is 244 g/mol. The first-order valence-corrected chi connectivity index (χ1v) is 6.60. The lowest BCUT2D eigenvalue weighted by Gasteiger charge is -2.11. The Hall–Kier alpha value is -1.37. The number of esters is 1. The standard InChI is InChI=1S/C9H12N2O4S/c1-11-8(9(12)15-2)6-5-16(13,14)4-3-7(6)10-11/h3-5H2,1-2H3. The predicted octanol–water partition coefficient (Wildman–Crippen LogP) is -0.322. The van der Waals surface area contributed by atoms with Crippen molar-refractivity contribution < 1.29 is 17.9 Å². The summed E-state index contributed by atoms with van der Waals surface area (Å²) in [6.45, 7) is 0. The Morgan fingerprint density at radius 3 is 2.81 bits per heavy atom. The summed E-state index contributed by atoms with van der Waals surface area (Å²) < 4.78 is 29.0. The van der Waals surface area contributed by atoms with Gasteiger partial charge in [0.2, 0.25) is 0 Å². The smallest absolute Gasteiger partial charge is 0.356 e. The number of carbonyl (C=O) groups excluding carboxylic acids is 1. The van der Waals surface area contributed by atoms with Crippen molar-refractivity contribution in [3.8, 4) is 0 Å². The van der Waals surface area contributed by atoms with E-state index in [0.29, 0.717) is 17.7 Å². The fourth-order valence-electron chi connectivity index (χ4n) is 1.87. The van der Waals surface area contributed by atoms with Crippen molar-refractivity contribution in [2.75, 3.05) is 12.9 Å². The van der Waals surface area contributed by atoms with Crippen molar-refractivity contribution in [3.63, 3.8) is 0 Å². The molecule has 0 spiro atoms. The van der Waals surface area contributed by atoms with E-state index in [2.05, 4.69) is 9.84 Å². The fraction of sp³-hybridized carbons (Fsp3) is 0.556. The molecule has 0 radical (unpaired) electrons. The summed E-state index contributed by atoms with van der Waals surface area (Å²) in [5, 5.41) is 4.14. The number of sulfone groups is 1. The molecule has 0 fully saturated rings. The molecule has 1 aromatic heterocycles. The highest BCUT2D eigenvalue weighted by atomic mass is 32.2. The summed E-state index contributed by atoms with van der Waals surface area (Å²) in [7, 11) is -0.237. The minimum absolute atomic E-state index is 0.0949. The number of hydrogen-bond acceptors (Lipinski definition) is 5. The van der Waals surface area contributed by atoms with Crippen LogP contribution in [0.2, 0.25) is 0 Å². The number of methoxy groups -OCH3 is 1. The van der Waals surface area contributed by atoms with E-state index in [0.717, 1.165) is 0 Å². The summed E-state index contributed by atoms with van der Waals surface area (Å²) in [5.74, 6) is -0.577. The molecule has 1 aromatic rings. The Morgan fingerprint density at radius 2 is 2.19 bits per heavy atom. The van der Waals surface area contributed by atoms with Crippen molar-refractivity contribution in [2.24, 2.45) is 7.05 Å². The third-order valence-electron chi connectivity index (χ3n) is 2.62. The van der Waals surface area contributed by atoms with Crippen molar-refractivity contribution in [1.82, 2.24) is 9.78 Å². The van der Waals surface area contributed by atoms with Gasteiger partial charge in [0.1, 0.15) is 0 Å². The molecule has 1 aliphatic heterocycles. The number of aryl methyl sites for hydroxylation is 2. The van der Waals surface area contributed by atoms with Gasteiger partial charge in [-0.05, 0) is 0 Å². The molecule has 0 unspecified atom stereocenters. The molecular formula is C9H12N2O4S. The van der Waals surface area contributed by atoms with Crippen LogP contribution in [0, 0.1) is 0 Å². The molecule has 2 heterocycles. The summed E-state index contributed by atoms with van der Waals surface area (Å²) in [6, 6.07) is 0. The van der Waals surface area contributed by atoms with E-state index in [1.54, 1.807) is 7.05 Å². The van der Waals surface area contributed by atoms with Gasteiger partial charge >= 0.3 is 5.97 Å². The number of carbonyl (C=O) groups is 1. The summed E-state index contributed by atoms with van der Waals surface area (Å²) in [4.78, 5) is 11.5. The first-order valence-electron chi connectivity index (χ1n) is 4.78. The lowest BCUT2D eigenvalue weighted by Crippen LogP contribution is -2.20. The lowest BCUT2D eigenvalue weighted by molar-refractivity contribution is 0.0587. The van der Waals surface area contributed by atoms with Crippen LogP contribution < -0.4 is 0 Å². The number of rotatable bonds is 1. The van der Waals surface area contributed by atoms with Crippen LogP contribution in [0.1, 0.15) is 21.7 Å². The molecule has 0 saturated carbocycles. The van der Waals surface area contributed by atoms with Crippen molar-refractivity contribution in [3.05, 3.63) is 17.0 Å². The number of hydrogen-bond donors (Lipinski definition) is 0. The maximum atomic E-state index is 11.5. The van der Waals surface area contributed by atoms with Crippen LogP contribution in [0.25, 0.3) is 0 Å². The SMILES string of the molecule is COC(=O)c1c2c(nn1C)CCS(=O)(=O)C2. The van der Waals surface area contributed by atoms with E-state index in [1.807, 2.05) is 0 Å². The van der Waals surface area contributed by atoms with E-state index in [1.165, 1.54) is 11.8 Å². The highest BCUT2D eigenvalue weighted by Gasteiger charge is 2.30. The van der Waals surface area contributed by atoms with E-state index in [9.17, 15) is 13.2 Å². The van der Waals surface area contributed by atoms with E-state index in [-0.39, 0.29) is 17.2 Å². The second-order valence-electron chi connectivity index (χ2n) is 3.73. The third kappa shape index (κ3) is 1.71. The molecule has 0 bridgehead atoms. The van der Waals surface area contributed by atoms with Crippen LogP contribution in [0.5, 0.6) is 0 Å². The Bertz CT molecular complexity index is 544. The van der Waals surface area contributed by atoms with Crippen LogP contribution in [0.4, 0.5) is 0 Å². The minimum atomic E-state index is -3.11. The maximum absolute atomic E-state index is 11.5. The third-order valence-corrected chi connectivity index (χ3v) is 4.18. The Kier molecular flexibility index (Phi) is 2.49. The Balaban J connectivity index is 2.56. The number of nitrogens with zero attached hydrogens (tertiary/aromatic N) is 2. The van der Waals surface area contributed by atoms with E-state index < -0.39 is 15.8 Å². The van der Waals surface area contributed by atoms with Gasteiger partial charge in [-0.25, -0.2) is 13.2 Å². The van der Waals surface area contributed by atoms with Gasteiger partial charge in [-0.2, -0.15) is 5.10 Å². The predicted molar refractivity (Wildman–Crippen MR) is 55.7 cm³/mol. The second-order valence-corrected chi connectivity index (χ2v) is 5.92. The molecule has 6 nitrogen and oxygen atoms in total. The lowest BCUT2D eigenvalue weighted by atomic mass is 10.1. The molecule has 16 heavy (non-hydrogen) atoms. The van der Waals surface area contributed by atoms with Crippen LogP contribution >= 0.6 is 0 Å². The molecule has 0 aliphatic carbocycles. The van der Waals surface area contributed by atoms with Crippen LogP contribution in [-0.4, -0.2) is 37.0 Å². The van der Waals surface area contributed by atoms with E-state index >= 15 is 0 Å². The molecule has 0 saturated heterocycles. The largest absolute Gasteiger partial charge is 0.464 e. The Labute approximate surface area is 93.1 Å². The van der Waals surface area contributed by atoms with Gasteiger partial charge in [-0.1, -0.05) is 0 Å². The van der Waals surface area contributed by atoms with Crippen molar-refractivity contribution in [2.45, 2.75) is 12.2 Å². The molecule has 7 heteroatoms. The van der Waals surface area contributed by atoms with Gasteiger partial charge in [-0.15, -0.1) is 0 Å². The van der Waals surface area contributed by atoms with Gasteiger partial charge in [-0.3, -0.25) is 4.68 Å². The first kappa shape index (κ1) is 11.1. The quantitative estimate of drug-likeness (QED) is 0.632. The number of fused-ring (bicyclic) bond motifs is 1. The zero-order valence-corrected chi connectivity index (χ0v) is 9.87. The fourth-order valence-corrected chi connectivity index (χ4v) is 3.26. The zero-order chi connectivity index (χ0) is 11.9. The summed E-state index contributed by atoms with van der Waals surface area (Å²) in [5.41, 5.74) is 1.40. The van der Waals surface area contributed by atoms with Gasteiger partial charge in [0.05, 0.1) is 24.3 Å². The maximum Gasteiger partial charge on any atom is 0.356 e. The summed E-state index contributed by atoms with van der Waals surface area (Å²) in [6.07, 6.45) is 0.364. The van der Waals surface area contributed by atoms with E-state index in [4.69, 9.17) is 0 Å². The van der Waals surface area contributed by atoms with Gasteiger partial charge in [0.15, 0.2) is 15.5 Å². The number of ether oxygens (including phenoxy) is 1. The second kappa shape index (κ2) is 3.58. The number of aromatic nitrogens is 2. The first-order chi connectivity index (χ1) is 7.44. The molecule has 0 N–H and O–H groups in total. The molecule has 0 aromatic carbocycles. The van der Waals surface area contributed by atoms with Crippen molar-refractivity contribution >= 4 is 15.8 Å². The molecule has 2 rings (SSSR count). The summed E-state index contributed by atoms with van der Waals surface area (Å²) >= 11 is 0. The van der Waals surface area contributed by atoms with Gasteiger partial charge in [0, 0.05) is 19.0 Å².